The van der Waals surface area contributed by atoms with Gasteiger partial charge in [-0.05, 0) is 49.7 Å². The number of hydrogen-bond donors (Lipinski definition) is 0. The van der Waals surface area contributed by atoms with Gasteiger partial charge >= 0.3 is 6.18 Å². The van der Waals surface area contributed by atoms with Gasteiger partial charge in [0.05, 0.1) is 18.4 Å². The molecule has 0 bridgehead atoms. The van der Waals surface area contributed by atoms with E-state index in [9.17, 15) is 21.9 Å². The maximum Gasteiger partial charge on any atom is 0.416 e. The Morgan fingerprint density at radius 1 is 1.06 bits per heavy atom. The lowest BCUT2D eigenvalue weighted by Crippen LogP contribution is -2.38. The van der Waals surface area contributed by atoms with Crippen molar-refractivity contribution in [3.8, 4) is 17.0 Å². The summed E-state index contributed by atoms with van der Waals surface area (Å²) >= 11 is 0. The van der Waals surface area contributed by atoms with Crippen LogP contribution in [-0.4, -0.2) is 39.0 Å². The number of rotatable bonds is 4. The lowest BCUT2D eigenvalue weighted by molar-refractivity contribution is -0.137. The minimum Gasteiger partial charge on any atom is -0.593 e. The maximum atomic E-state index is 13.2. The Morgan fingerprint density at radius 2 is 1.76 bits per heavy atom. The molecule has 1 aliphatic rings. The van der Waals surface area contributed by atoms with Crippen molar-refractivity contribution in [3.05, 3.63) is 71.2 Å². The van der Waals surface area contributed by atoms with Gasteiger partial charge in [0.25, 0.3) is 0 Å². The van der Waals surface area contributed by atoms with Crippen LogP contribution in [0.25, 0.3) is 11.3 Å². The SMILES string of the molecule is COc1ccc(-c2nc(C)nc3c2CCN([S+](=O)([O-])c2cccc(C(F)(F)F)c2)CC3)cc1. The first-order chi connectivity index (χ1) is 15.6. The van der Waals surface area contributed by atoms with Crippen LogP contribution >= 0.6 is 0 Å². The molecule has 10 heteroatoms. The number of aromatic nitrogens is 2. The van der Waals surface area contributed by atoms with E-state index in [1.807, 2.05) is 24.3 Å². The van der Waals surface area contributed by atoms with E-state index in [1.54, 1.807) is 14.0 Å². The van der Waals surface area contributed by atoms with E-state index in [-0.39, 0.29) is 18.0 Å². The first kappa shape index (κ1) is 23.3. The van der Waals surface area contributed by atoms with Gasteiger partial charge in [-0.25, -0.2) is 9.97 Å². The number of nitrogens with zero attached hydrogens (tertiary/aromatic N) is 3. The third kappa shape index (κ3) is 4.78. The summed E-state index contributed by atoms with van der Waals surface area (Å²) in [5.74, 6) is 1.27. The Labute approximate surface area is 190 Å². The number of aryl methyl sites for hydroxylation is 1. The highest BCUT2D eigenvalue weighted by atomic mass is 32.3. The quantitative estimate of drug-likeness (QED) is 0.518. The first-order valence-corrected chi connectivity index (χ1v) is 11.7. The van der Waals surface area contributed by atoms with Crippen LogP contribution in [0, 0.1) is 6.92 Å². The van der Waals surface area contributed by atoms with Gasteiger partial charge < -0.3 is 9.29 Å². The molecule has 1 aliphatic heterocycles. The van der Waals surface area contributed by atoms with Crippen LogP contribution in [0.2, 0.25) is 0 Å². The highest BCUT2D eigenvalue weighted by molar-refractivity contribution is 7.95. The normalized spacial score (nSPS) is 16.5. The molecule has 174 valence electrons. The fourth-order valence-electron chi connectivity index (χ4n) is 3.91. The van der Waals surface area contributed by atoms with Gasteiger partial charge in [0, 0.05) is 42.4 Å². The minimum absolute atomic E-state index is 0.112. The number of benzene rings is 2. The van der Waals surface area contributed by atoms with Gasteiger partial charge in [-0.1, -0.05) is 10.3 Å². The Morgan fingerprint density at radius 3 is 2.42 bits per heavy atom. The third-order valence-corrected chi connectivity index (χ3v) is 7.47. The molecule has 3 aromatic rings. The van der Waals surface area contributed by atoms with Crippen LogP contribution in [0.4, 0.5) is 13.2 Å². The van der Waals surface area contributed by atoms with Gasteiger partial charge in [-0.3, -0.25) is 0 Å². The molecule has 0 N–H and O–H groups in total. The number of methoxy groups -OCH3 is 1. The van der Waals surface area contributed by atoms with Crippen molar-refractivity contribution in [1.82, 2.24) is 14.3 Å². The van der Waals surface area contributed by atoms with E-state index in [0.29, 0.717) is 30.5 Å². The minimum atomic E-state index is -4.62. The summed E-state index contributed by atoms with van der Waals surface area (Å²) in [5.41, 5.74) is 2.16. The second-order valence-corrected chi connectivity index (χ2v) is 9.64. The lowest BCUT2D eigenvalue weighted by atomic mass is 10.0. The molecule has 0 spiro atoms. The summed E-state index contributed by atoms with van der Waals surface area (Å²) in [6.45, 7) is 2.00. The monoisotopic (exact) mass is 477 g/mol. The number of alkyl halides is 3. The zero-order chi connectivity index (χ0) is 23.8. The lowest BCUT2D eigenvalue weighted by Gasteiger charge is -2.26. The molecule has 4 rings (SSSR count). The molecule has 2 heterocycles. The smallest absolute Gasteiger partial charge is 0.416 e. The van der Waals surface area contributed by atoms with E-state index < -0.39 is 22.1 Å². The molecule has 0 fully saturated rings. The van der Waals surface area contributed by atoms with E-state index in [2.05, 4.69) is 9.97 Å². The van der Waals surface area contributed by atoms with Crippen molar-refractivity contribution in [3.63, 3.8) is 0 Å². The zero-order valence-electron chi connectivity index (χ0n) is 18.1. The van der Waals surface area contributed by atoms with Crippen molar-refractivity contribution in [1.29, 1.82) is 0 Å². The fraction of sp³-hybridized carbons (Fsp3) is 0.304. The summed E-state index contributed by atoms with van der Waals surface area (Å²) in [7, 11) is -2.54. The summed E-state index contributed by atoms with van der Waals surface area (Å²) in [5, 5.41) is 0. The second kappa shape index (κ2) is 8.85. The largest absolute Gasteiger partial charge is 0.593 e. The number of fused-ring (bicyclic) bond motifs is 1. The van der Waals surface area contributed by atoms with E-state index >= 15 is 0 Å². The molecule has 6 nitrogen and oxygen atoms in total. The van der Waals surface area contributed by atoms with Crippen LogP contribution in [-0.2, 0) is 33.6 Å². The summed E-state index contributed by atoms with van der Waals surface area (Å²) < 4.78 is 72.1. The van der Waals surface area contributed by atoms with Crippen LogP contribution in [0.15, 0.2) is 53.4 Å². The molecule has 1 aromatic heterocycles. The van der Waals surface area contributed by atoms with Gasteiger partial charge in [0.15, 0.2) is 15.3 Å². The average Bonchev–Trinajstić information content (AvgIpc) is 3.01. The van der Waals surface area contributed by atoms with Gasteiger partial charge in [-0.2, -0.15) is 13.2 Å². The third-order valence-electron chi connectivity index (χ3n) is 5.58. The van der Waals surface area contributed by atoms with Crippen molar-refractivity contribution >= 4 is 10.4 Å². The van der Waals surface area contributed by atoms with Crippen molar-refractivity contribution in [2.75, 3.05) is 20.2 Å². The first-order valence-electron chi connectivity index (χ1n) is 10.3. The molecular formula is C23H22F3N3O3S. The predicted molar refractivity (Wildman–Crippen MR) is 116 cm³/mol. The standard InChI is InChI=1S/C23H22F3N3O3S/c1-15-27-21-11-13-29(33(30,31)19-5-3-4-17(14-19)23(24,25)26)12-10-20(21)22(28-15)16-6-8-18(32-2)9-7-16/h3-9,14H,10-13H2,1-2H3. The number of hydrogen-bond acceptors (Lipinski definition) is 5. The Kier molecular flexibility index (Phi) is 6.26. The molecule has 2 aromatic carbocycles. The van der Waals surface area contributed by atoms with E-state index in [1.165, 1.54) is 10.4 Å². The van der Waals surface area contributed by atoms with Crippen molar-refractivity contribution in [2.24, 2.45) is 0 Å². The average molecular weight is 478 g/mol. The Balaban J connectivity index is 1.65. The summed E-state index contributed by atoms with van der Waals surface area (Å²) in [6, 6.07) is 11.2. The molecule has 0 amide bonds. The summed E-state index contributed by atoms with van der Waals surface area (Å²) in [4.78, 5) is 8.74. The molecule has 0 saturated carbocycles. The van der Waals surface area contributed by atoms with Gasteiger partial charge in [0.1, 0.15) is 11.6 Å². The number of halogens is 3. The molecule has 33 heavy (non-hydrogen) atoms. The molecule has 1 unspecified atom stereocenters. The topological polar surface area (TPSA) is 78.4 Å². The number of ether oxygens (including phenoxy) is 1. The van der Waals surface area contributed by atoms with Crippen LogP contribution < -0.4 is 4.74 Å². The molecule has 0 saturated heterocycles. The predicted octanol–water partition coefficient (Wildman–Crippen LogP) is 4.48. The molecular weight excluding hydrogens is 455 g/mol. The van der Waals surface area contributed by atoms with Crippen molar-refractivity contribution in [2.45, 2.75) is 30.8 Å². The highest BCUT2D eigenvalue weighted by Crippen LogP contribution is 2.34. The highest BCUT2D eigenvalue weighted by Gasteiger charge is 2.36. The second-order valence-electron chi connectivity index (χ2n) is 7.70. The zero-order valence-corrected chi connectivity index (χ0v) is 18.9. The van der Waals surface area contributed by atoms with Crippen LogP contribution in [0.3, 0.4) is 0 Å². The van der Waals surface area contributed by atoms with Crippen LogP contribution in [0.1, 0.15) is 22.6 Å². The van der Waals surface area contributed by atoms with Gasteiger partial charge in [0.2, 0.25) is 0 Å². The maximum absolute atomic E-state index is 13.2. The molecule has 0 radical (unpaired) electrons. The van der Waals surface area contributed by atoms with E-state index in [0.717, 1.165) is 34.6 Å². The Bertz CT molecular complexity index is 1220. The Hall–Kier alpha value is -2.82. The van der Waals surface area contributed by atoms with Crippen LogP contribution in [0.5, 0.6) is 5.75 Å². The van der Waals surface area contributed by atoms with E-state index in [4.69, 9.17) is 4.74 Å². The fourth-order valence-corrected chi connectivity index (χ4v) is 5.40. The van der Waals surface area contributed by atoms with Gasteiger partial charge in [-0.15, -0.1) is 4.31 Å². The molecule has 0 aliphatic carbocycles. The molecule has 1 atom stereocenters. The summed E-state index contributed by atoms with van der Waals surface area (Å²) in [6.07, 6.45) is -3.95. The van der Waals surface area contributed by atoms with Crippen molar-refractivity contribution < 1.29 is 26.7 Å². The number of sulfonamides is 1.